The molecule has 6 nitrogen and oxygen atoms in total. The third-order valence-electron chi connectivity index (χ3n) is 5.02. The zero-order valence-electron chi connectivity index (χ0n) is 16.1. The molecule has 1 aliphatic heterocycles. The summed E-state index contributed by atoms with van der Waals surface area (Å²) in [6.45, 7) is 1.52. The highest BCUT2D eigenvalue weighted by atomic mass is 19.1. The maximum Gasteiger partial charge on any atom is 0.274 e. The van der Waals surface area contributed by atoms with Crippen molar-refractivity contribution in [1.29, 1.82) is 0 Å². The lowest BCUT2D eigenvalue weighted by Crippen LogP contribution is -2.40. The van der Waals surface area contributed by atoms with Crippen LogP contribution in [0.4, 0.5) is 4.39 Å². The van der Waals surface area contributed by atoms with Crippen molar-refractivity contribution >= 4 is 11.8 Å². The summed E-state index contributed by atoms with van der Waals surface area (Å²) in [5.41, 5.74) is 2.07. The van der Waals surface area contributed by atoms with Gasteiger partial charge < -0.3 is 9.80 Å². The molecule has 7 heteroatoms. The van der Waals surface area contributed by atoms with Crippen LogP contribution < -0.4 is 0 Å². The predicted molar refractivity (Wildman–Crippen MR) is 106 cm³/mol. The summed E-state index contributed by atoms with van der Waals surface area (Å²) in [6, 6.07) is 17.6. The van der Waals surface area contributed by atoms with Gasteiger partial charge in [0.1, 0.15) is 11.5 Å². The molecule has 0 radical (unpaired) electrons. The molecule has 1 aliphatic rings. The van der Waals surface area contributed by atoms with Crippen molar-refractivity contribution in [3.05, 3.63) is 89.0 Å². The number of benzene rings is 2. The maximum absolute atomic E-state index is 13.9. The molecule has 0 fully saturated rings. The standard InChI is InChI=1S/C22H21FN4O2/c1-25(14-16-7-3-2-4-8-16)21(28)19-13-20-22(29)26(11-12-27(20)24-19)15-17-9-5-6-10-18(17)23/h2-10,13H,11-12,14-15H2,1H3. The molecule has 0 unspecified atom stereocenters. The van der Waals surface area contributed by atoms with Gasteiger partial charge in [0.2, 0.25) is 0 Å². The minimum atomic E-state index is -0.335. The molecule has 0 bridgehead atoms. The molecule has 148 valence electrons. The molecule has 0 saturated carbocycles. The number of halogens is 1. The molecule has 0 saturated heterocycles. The Morgan fingerprint density at radius 2 is 1.83 bits per heavy atom. The van der Waals surface area contributed by atoms with Crippen LogP contribution in [0.3, 0.4) is 0 Å². The van der Waals surface area contributed by atoms with E-state index in [0.717, 1.165) is 5.56 Å². The fourth-order valence-corrected chi connectivity index (χ4v) is 3.45. The predicted octanol–water partition coefficient (Wildman–Crippen LogP) is 2.95. The van der Waals surface area contributed by atoms with E-state index in [1.807, 2.05) is 30.3 Å². The van der Waals surface area contributed by atoms with E-state index in [0.29, 0.717) is 30.9 Å². The average molecular weight is 392 g/mol. The van der Waals surface area contributed by atoms with Gasteiger partial charge in [-0.15, -0.1) is 0 Å². The van der Waals surface area contributed by atoms with E-state index >= 15 is 0 Å². The molecule has 2 amide bonds. The lowest BCUT2D eigenvalue weighted by molar-refractivity contribution is 0.0680. The zero-order valence-corrected chi connectivity index (χ0v) is 16.1. The van der Waals surface area contributed by atoms with Crippen molar-refractivity contribution in [2.24, 2.45) is 0 Å². The van der Waals surface area contributed by atoms with E-state index in [2.05, 4.69) is 5.10 Å². The van der Waals surface area contributed by atoms with Crippen molar-refractivity contribution < 1.29 is 14.0 Å². The molecule has 29 heavy (non-hydrogen) atoms. The first-order valence-electron chi connectivity index (χ1n) is 9.43. The monoisotopic (exact) mass is 392 g/mol. The quantitative estimate of drug-likeness (QED) is 0.671. The highest BCUT2D eigenvalue weighted by Crippen LogP contribution is 2.19. The highest BCUT2D eigenvalue weighted by molar-refractivity contribution is 5.98. The molecule has 4 rings (SSSR count). The lowest BCUT2D eigenvalue weighted by atomic mass is 10.1. The molecule has 2 aromatic carbocycles. The van der Waals surface area contributed by atoms with Crippen LogP contribution >= 0.6 is 0 Å². The summed E-state index contributed by atoms with van der Waals surface area (Å²) >= 11 is 0. The van der Waals surface area contributed by atoms with Gasteiger partial charge in [0, 0.05) is 38.3 Å². The molecule has 0 aliphatic carbocycles. The van der Waals surface area contributed by atoms with Gasteiger partial charge in [0.25, 0.3) is 11.8 Å². The minimum absolute atomic E-state index is 0.188. The van der Waals surface area contributed by atoms with E-state index in [9.17, 15) is 14.0 Å². The Hall–Kier alpha value is -3.48. The highest BCUT2D eigenvalue weighted by Gasteiger charge is 2.29. The van der Waals surface area contributed by atoms with Crippen LogP contribution in [-0.4, -0.2) is 45.0 Å². The summed E-state index contributed by atoms with van der Waals surface area (Å²) in [4.78, 5) is 28.8. The fourth-order valence-electron chi connectivity index (χ4n) is 3.45. The molecular weight excluding hydrogens is 371 g/mol. The van der Waals surface area contributed by atoms with E-state index in [1.54, 1.807) is 39.7 Å². The topological polar surface area (TPSA) is 58.4 Å². The number of carbonyl (C=O) groups excluding carboxylic acids is 2. The molecule has 0 spiro atoms. The Bertz CT molecular complexity index is 1050. The summed E-state index contributed by atoms with van der Waals surface area (Å²) in [5.74, 6) is -0.834. The summed E-state index contributed by atoms with van der Waals surface area (Å²) in [5, 5.41) is 4.33. The second-order valence-corrected chi connectivity index (χ2v) is 7.10. The van der Waals surface area contributed by atoms with Gasteiger partial charge in [0.15, 0.2) is 5.69 Å². The average Bonchev–Trinajstić information content (AvgIpc) is 3.17. The number of carbonyl (C=O) groups is 2. The number of hydrogen-bond donors (Lipinski definition) is 0. The molecule has 1 aromatic heterocycles. The summed E-state index contributed by atoms with van der Waals surface area (Å²) in [7, 11) is 1.71. The second-order valence-electron chi connectivity index (χ2n) is 7.10. The number of rotatable bonds is 5. The largest absolute Gasteiger partial charge is 0.336 e. The lowest BCUT2D eigenvalue weighted by Gasteiger charge is -2.27. The normalized spacial score (nSPS) is 13.3. The van der Waals surface area contributed by atoms with Crippen molar-refractivity contribution in [3.63, 3.8) is 0 Å². The van der Waals surface area contributed by atoms with Crippen LogP contribution in [-0.2, 0) is 19.6 Å². The molecular formula is C22H21FN4O2. The van der Waals surface area contributed by atoms with Gasteiger partial charge in [-0.05, 0) is 11.6 Å². The van der Waals surface area contributed by atoms with Crippen LogP contribution in [0.2, 0.25) is 0 Å². The number of amides is 2. The smallest absolute Gasteiger partial charge is 0.274 e. The van der Waals surface area contributed by atoms with Crippen molar-refractivity contribution in [2.45, 2.75) is 19.6 Å². The number of hydrogen-bond acceptors (Lipinski definition) is 3. The minimum Gasteiger partial charge on any atom is -0.336 e. The van der Waals surface area contributed by atoms with Crippen molar-refractivity contribution in [2.75, 3.05) is 13.6 Å². The van der Waals surface area contributed by atoms with E-state index in [-0.39, 0.29) is 29.9 Å². The van der Waals surface area contributed by atoms with Crippen molar-refractivity contribution in [3.8, 4) is 0 Å². The first kappa shape index (κ1) is 18.9. The van der Waals surface area contributed by atoms with Crippen LogP contribution in [0.25, 0.3) is 0 Å². The van der Waals surface area contributed by atoms with E-state index in [1.165, 1.54) is 12.1 Å². The SMILES string of the molecule is CN(Cc1ccccc1)C(=O)c1cc2n(n1)CCN(Cc1ccccc1F)C2=O. The Morgan fingerprint density at radius 3 is 2.59 bits per heavy atom. The van der Waals surface area contributed by atoms with Gasteiger partial charge in [0.05, 0.1) is 6.54 Å². The van der Waals surface area contributed by atoms with E-state index < -0.39 is 0 Å². The third kappa shape index (κ3) is 3.89. The maximum atomic E-state index is 13.9. The molecule has 0 N–H and O–H groups in total. The fraction of sp³-hybridized carbons (Fsp3) is 0.227. The number of nitrogens with zero attached hydrogens (tertiary/aromatic N) is 4. The molecule has 0 atom stereocenters. The Morgan fingerprint density at radius 1 is 1.10 bits per heavy atom. The third-order valence-corrected chi connectivity index (χ3v) is 5.02. The summed E-state index contributed by atoms with van der Waals surface area (Å²) < 4.78 is 15.5. The molecule has 3 aromatic rings. The first-order chi connectivity index (χ1) is 14.0. The van der Waals surface area contributed by atoms with Crippen molar-refractivity contribution in [1.82, 2.24) is 19.6 Å². The Labute approximate surface area is 168 Å². The van der Waals surface area contributed by atoms with Crippen LogP contribution in [0.1, 0.15) is 32.1 Å². The van der Waals surface area contributed by atoms with Gasteiger partial charge >= 0.3 is 0 Å². The number of aromatic nitrogens is 2. The Kier molecular flexibility index (Phi) is 5.12. The van der Waals surface area contributed by atoms with Gasteiger partial charge in [-0.1, -0.05) is 48.5 Å². The van der Waals surface area contributed by atoms with E-state index in [4.69, 9.17) is 0 Å². The first-order valence-corrected chi connectivity index (χ1v) is 9.43. The van der Waals surface area contributed by atoms with Crippen LogP contribution in [0.15, 0.2) is 60.7 Å². The summed E-state index contributed by atoms with van der Waals surface area (Å²) in [6.07, 6.45) is 0. The van der Waals surface area contributed by atoms with Gasteiger partial charge in [-0.2, -0.15) is 5.10 Å². The Balaban J connectivity index is 1.49. The van der Waals surface area contributed by atoms with Crippen LogP contribution in [0, 0.1) is 5.82 Å². The molecule has 2 heterocycles. The van der Waals surface area contributed by atoms with Crippen LogP contribution in [0.5, 0.6) is 0 Å². The van der Waals surface area contributed by atoms with Gasteiger partial charge in [-0.25, -0.2) is 4.39 Å². The zero-order chi connectivity index (χ0) is 20.4. The number of fused-ring (bicyclic) bond motifs is 1. The van der Waals surface area contributed by atoms with Gasteiger partial charge in [-0.3, -0.25) is 14.3 Å². The second kappa shape index (κ2) is 7.87.